The van der Waals surface area contributed by atoms with E-state index in [1.165, 1.54) is 5.69 Å². The number of rotatable bonds is 4. The molecule has 0 aromatic carbocycles. The van der Waals surface area contributed by atoms with Gasteiger partial charge in [0.1, 0.15) is 5.76 Å². The minimum absolute atomic E-state index is 0.175. The molecule has 2 aromatic rings. The first-order chi connectivity index (χ1) is 12.1. The maximum absolute atomic E-state index is 12.7. The lowest BCUT2D eigenvalue weighted by molar-refractivity contribution is -0.143. The van der Waals surface area contributed by atoms with E-state index in [1.807, 2.05) is 24.0 Å². The summed E-state index contributed by atoms with van der Waals surface area (Å²) < 4.78 is 7.49. The van der Waals surface area contributed by atoms with Crippen LogP contribution in [0.5, 0.6) is 0 Å². The van der Waals surface area contributed by atoms with E-state index >= 15 is 0 Å². The number of carbonyl (C=O) groups excluding carboxylic acids is 1. The van der Waals surface area contributed by atoms with Crippen LogP contribution in [0.4, 0.5) is 0 Å². The molecule has 134 valence electrons. The number of nitrogens with zero attached hydrogens (tertiary/aromatic N) is 4. The number of likely N-dealkylation sites (tertiary alicyclic amines) is 2. The highest BCUT2D eigenvalue weighted by molar-refractivity contribution is 5.79. The first-order valence-electron chi connectivity index (χ1n) is 9.16. The average molecular weight is 342 g/mol. The highest BCUT2D eigenvalue weighted by atomic mass is 16.3. The molecule has 0 aliphatic carbocycles. The highest BCUT2D eigenvalue weighted by Crippen LogP contribution is 2.28. The summed E-state index contributed by atoms with van der Waals surface area (Å²) in [5.41, 5.74) is 2.23. The Morgan fingerprint density at radius 3 is 2.64 bits per heavy atom. The number of hydrogen-bond donors (Lipinski definition) is 0. The molecule has 2 aromatic heterocycles. The fraction of sp³-hybridized carbons (Fsp3) is 0.579. The van der Waals surface area contributed by atoms with Crippen molar-refractivity contribution in [2.24, 2.45) is 5.92 Å². The van der Waals surface area contributed by atoms with Gasteiger partial charge in [0, 0.05) is 24.7 Å². The molecule has 0 radical (unpaired) electrons. The molecule has 0 N–H and O–H groups in total. The summed E-state index contributed by atoms with van der Waals surface area (Å²) in [6, 6.07) is 6.38. The van der Waals surface area contributed by atoms with Gasteiger partial charge >= 0.3 is 0 Å². The minimum Gasteiger partial charge on any atom is -0.468 e. The number of furan rings is 1. The van der Waals surface area contributed by atoms with Gasteiger partial charge in [0.05, 0.1) is 24.5 Å². The van der Waals surface area contributed by atoms with Gasteiger partial charge in [0.15, 0.2) is 0 Å². The smallest absolute Gasteiger partial charge is 0.225 e. The maximum atomic E-state index is 12.7. The third-order valence-electron chi connectivity index (χ3n) is 5.46. The fourth-order valence-corrected chi connectivity index (χ4v) is 4.02. The Kier molecular flexibility index (Phi) is 4.37. The van der Waals surface area contributed by atoms with E-state index in [-0.39, 0.29) is 5.92 Å². The molecule has 2 aliphatic heterocycles. The Balaban J connectivity index is 1.25. The monoisotopic (exact) mass is 342 g/mol. The average Bonchev–Trinajstić information content (AvgIpc) is 3.16. The van der Waals surface area contributed by atoms with E-state index < -0.39 is 0 Å². The zero-order valence-electron chi connectivity index (χ0n) is 15.0. The first kappa shape index (κ1) is 16.4. The molecule has 25 heavy (non-hydrogen) atoms. The molecule has 6 heteroatoms. The summed E-state index contributed by atoms with van der Waals surface area (Å²) in [5.74, 6) is 1.50. The Hall–Kier alpha value is -2.08. The molecule has 0 spiro atoms. The van der Waals surface area contributed by atoms with Gasteiger partial charge in [-0.25, -0.2) is 0 Å². The van der Waals surface area contributed by atoms with Crippen LogP contribution in [0, 0.1) is 19.8 Å². The van der Waals surface area contributed by atoms with Crippen LogP contribution < -0.4 is 0 Å². The quantitative estimate of drug-likeness (QED) is 0.856. The Morgan fingerprint density at radius 2 is 2.04 bits per heavy atom. The largest absolute Gasteiger partial charge is 0.468 e. The van der Waals surface area contributed by atoms with Gasteiger partial charge in [-0.2, -0.15) is 5.10 Å². The van der Waals surface area contributed by atoms with Gasteiger partial charge in [-0.3, -0.25) is 14.4 Å². The van der Waals surface area contributed by atoms with Crippen molar-refractivity contribution in [1.29, 1.82) is 0 Å². The summed E-state index contributed by atoms with van der Waals surface area (Å²) in [7, 11) is 0. The molecule has 2 fully saturated rings. The second-order valence-corrected chi connectivity index (χ2v) is 7.40. The summed E-state index contributed by atoms with van der Waals surface area (Å²) in [6.07, 6.45) is 3.61. The lowest BCUT2D eigenvalue weighted by atomic mass is 9.93. The van der Waals surface area contributed by atoms with Crippen LogP contribution in [0.15, 0.2) is 28.9 Å². The van der Waals surface area contributed by atoms with E-state index in [0.29, 0.717) is 11.9 Å². The van der Waals surface area contributed by atoms with Crippen LogP contribution >= 0.6 is 0 Å². The molecule has 0 unspecified atom stereocenters. The molecular formula is C19H26N4O2. The Morgan fingerprint density at radius 1 is 1.28 bits per heavy atom. The summed E-state index contributed by atoms with van der Waals surface area (Å²) >= 11 is 0. The van der Waals surface area contributed by atoms with Crippen LogP contribution in [-0.2, 0) is 11.3 Å². The fourth-order valence-electron chi connectivity index (χ4n) is 4.02. The standard InChI is InChI=1S/C19H26N4O2/c1-14-10-15(2)23(20-14)17-11-22(12-17)19(24)16-5-7-21(8-6-16)13-18-4-3-9-25-18/h3-4,9-10,16-17H,5-8,11-13H2,1-2H3. The van der Waals surface area contributed by atoms with Crippen molar-refractivity contribution >= 4 is 5.91 Å². The van der Waals surface area contributed by atoms with Crippen molar-refractivity contribution in [3.8, 4) is 0 Å². The molecule has 0 bridgehead atoms. The second kappa shape index (κ2) is 6.67. The van der Waals surface area contributed by atoms with Crippen molar-refractivity contribution in [2.45, 2.75) is 39.3 Å². The maximum Gasteiger partial charge on any atom is 0.225 e. The third-order valence-corrected chi connectivity index (χ3v) is 5.46. The van der Waals surface area contributed by atoms with E-state index in [4.69, 9.17) is 4.42 Å². The minimum atomic E-state index is 0.175. The molecule has 6 nitrogen and oxygen atoms in total. The molecule has 4 rings (SSSR count). The van der Waals surface area contributed by atoms with E-state index in [9.17, 15) is 4.79 Å². The van der Waals surface area contributed by atoms with Crippen LogP contribution in [0.1, 0.15) is 36.0 Å². The molecule has 2 saturated heterocycles. The highest BCUT2D eigenvalue weighted by Gasteiger charge is 2.37. The topological polar surface area (TPSA) is 54.5 Å². The third kappa shape index (κ3) is 3.35. The number of amides is 1. The van der Waals surface area contributed by atoms with E-state index in [0.717, 1.165) is 57.0 Å². The zero-order chi connectivity index (χ0) is 17.4. The van der Waals surface area contributed by atoms with Crippen LogP contribution in [-0.4, -0.2) is 51.7 Å². The number of aromatic nitrogens is 2. The summed E-state index contributed by atoms with van der Waals surface area (Å²) in [5, 5.41) is 4.55. The molecule has 4 heterocycles. The second-order valence-electron chi connectivity index (χ2n) is 7.40. The Labute approximate surface area is 148 Å². The number of aryl methyl sites for hydroxylation is 2. The van der Waals surface area contributed by atoms with Crippen molar-refractivity contribution in [1.82, 2.24) is 19.6 Å². The van der Waals surface area contributed by atoms with Crippen molar-refractivity contribution in [2.75, 3.05) is 26.2 Å². The van der Waals surface area contributed by atoms with Crippen molar-refractivity contribution in [3.05, 3.63) is 41.6 Å². The van der Waals surface area contributed by atoms with Crippen molar-refractivity contribution < 1.29 is 9.21 Å². The van der Waals surface area contributed by atoms with Gasteiger partial charge in [-0.1, -0.05) is 0 Å². The first-order valence-corrected chi connectivity index (χ1v) is 9.16. The molecule has 0 saturated carbocycles. The molecule has 1 amide bonds. The zero-order valence-corrected chi connectivity index (χ0v) is 15.0. The van der Waals surface area contributed by atoms with Crippen molar-refractivity contribution in [3.63, 3.8) is 0 Å². The Bertz CT molecular complexity index is 723. The van der Waals surface area contributed by atoms with E-state index in [1.54, 1.807) is 6.26 Å². The van der Waals surface area contributed by atoms with Gasteiger partial charge in [0.25, 0.3) is 0 Å². The van der Waals surface area contributed by atoms with Gasteiger partial charge in [-0.15, -0.1) is 0 Å². The predicted octanol–water partition coefficient (Wildman–Crippen LogP) is 2.39. The lowest BCUT2D eigenvalue weighted by Gasteiger charge is -2.42. The van der Waals surface area contributed by atoms with Gasteiger partial charge < -0.3 is 9.32 Å². The summed E-state index contributed by atoms with van der Waals surface area (Å²) in [4.78, 5) is 17.1. The van der Waals surface area contributed by atoms with Crippen LogP contribution in [0.25, 0.3) is 0 Å². The van der Waals surface area contributed by atoms with E-state index in [2.05, 4.69) is 27.7 Å². The lowest BCUT2D eigenvalue weighted by Crippen LogP contribution is -2.54. The molecular weight excluding hydrogens is 316 g/mol. The SMILES string of the molecule is Cc1cc(C)n(C2CN(C(=O)C3CCN(Cc4ccco4)CC3)C2)n1. The summed E-state index contributed by atoms with van der Waals surface area (Å²) in [6.45, 7) is 8.47. The van der Waals surface area contributed by atoms with Crippen LogP contribution in [0.2, 0.25) is 0 Å². The van der Waals surface area contributed by atoms with Gasteiger partial charge in [0.2, 0.25) is 5.91 Å². The van der Waals surface area contributed by atoms with Crippen LogP contribution in [0.3, 0.4) is 0 Å². The number of hydrogen-bond acceptors (Lipinski definition) is 4. The number of carbonyl (C=O) groups is 1. The van der Waals surface area contributed by atoms with Gasteiger partial charge in [-0.05, 0) is 58.0 Å². The molecule has 2 aliphatic rings. The molecule has 0 atom stereocenters. The normalized spacial score (nSPS) is 20.0. The predicted molar refractivity (Wildman–Crippen MR) is 94.0 cm³/mol. The number of piperidine rings is 1.